The first-order valence-electron chi connectivity index (χ1n) is 1.29. The van der Waals surface area contributed by atoms with Gasteiger partial charge in [0.1, 0.15) is 21.0 Å². The summed E-state index contributed by atoms with van der Waals surface area (Å²) in [6, 6.07) is 0. The maximum absolute atomic E-state index is 4.73. The summed E-state index contributed by atoms with van der Waals surface area (Å²) in [5.74, 6) is 0. The lowest BCUT2D eigenvalue weighted by atomic mass is 15.8. The second-order valence-electron chi connectivity index (χ2n) is 0.568. The molecule has 0 N–H and O–H groups in total. The monoisotopic (exact) mass is 123 g/mol. The standard InChI is InChI=1S/H7O2Si3/c3-1-5-2-4/h5H,3-4H3. The Morgan fingerprint density at radius 1 is 1.20 bits per heavy atom. The molecule has 0 spiro atoms. The van der Waals surface area contributed by atoms with Crippen molar-refractivity contribution in [1.82, 2.24) is 0 Å². The molecule has 0 aromatic carbocycles. The van der Waals surface area contributed by atoms with Crippen molar-refractivity contribution < 1.29 is 8.23 Å². The summed E-state index contributed by atoms with van der Waals surface area (Å²) in [4.78, 5) is 0. The minimum Gasteiger partial charge on any atom is -0.446 e. The third-order valence-corrected chi connectivity index (χ3v) is 1.73. The van der Waals surface area contributed by atoms with Crippen LogP contribution >= 0.6 is 0 Å². The van der Waals surface area contributed by atoms with Crippen LogP contribution in [0, 0.1) is 0 Å². The Hall–Kier alpha value is 0.571. The predicted octanol–water partition coefficient (Wildman–Crippen LogP) is -3.15. The highest BCUT2D eigenvalue weighted by Gasteiger charge is 1.69. The molecule has 31 valence electrons. The van der Waals surface area contributed by atoms with Crippen molar-refractivity contribution in [3.05, 3.63) is 0 Å². The number of hydrogen-bond donors (Lipinski definition) is 0. The summed E-state index contributed by atoms with van der Waals surface area (Å²) in [7, 11) is 1.60. The Labute approximate surface area is 40.0 Å². The summed E-state index contributed by atoms with van der Waals surface area (Å²) in [6.45, 7) is 0. The lowest BCUT2D eigenvalue weighted by molar-refractivity contribution is 0.513. The van der Waals surface area contributed by atoms with E-state index < -0.39 is 0 Å². The van der Waals surface area contributed by atoms with E-state index in [0.717, 1.165) is 21.0 Å². The molecule has 0 aliphatic carbocycles. The molecule has 0 atom stereocenters. The Kier molecular flexibility index (Phi) is 5.09. The number of rotatable bonds is 2. The molecule has 2 nitrogen and oxygen atoms in total. The van der Waals surface area contributed by atoms with Crippen molar-refractivity contribution in [1.29, 1.82) is 0 Å². The summed E-state index contributed by atoms with van der Waals surface area (Å²) in [6.07, 6.45) is 0. The van der Waals surface area contributed by atoms with E-state index in [1.54, 1.807) is 0 Å². The molecule has 0 bridgehead atoms. The van der Waals surface area contributed by atoms with E-state index in [4.69, 9.17) is 8.23 Å². The lowest BCUT2D eigenvalue weighted by Crippen LogP contribution is -1.96. The van der Waals surface area contributed by atoms with E-state index in [-0.39, 0.29) is 10.0 Å². The Morgan fingerprint density at radius 3 is 1.60 bits per heavy atom. The first-order valence-corrected chi connectivity index (χ1v) is 3.86. The van der Waals surface area contributed by atoms with E-state index in [1.165, 1.54) is 0 Å². The van der Waals surface area contributed by atoms with Gasteiger partial charge in [0.2, 0.25) is 0 Å². The smallest absolute Gasteiger partial charge is 0.341 e. The van der Waals surface area contributed by atoms with Crippen LogP contribution in [-0.2, 0) is 8.23 Å². The third kappa shape index (κ3) is 4.57. The van der Waals surface area contributed by atoms with Crippen LogP contribution in [0.2, 0.25) is 0 Å². The molecule has 0 rings (SSSR count). The van der Waals surface area contributed by atoms with Crippen LogP contribution in [0.5, 0.6) is 0 Å². The molecule has 0 heterocycles. The molecule has 0 unspecified atom stereocenters. The zero-order valence-corrected chi connectivity index (χ0v) is 8.55. The maximum atomic E-state index is 4.73. The van der Waals surface area contributed by atoms with Crippen molar-refractivity contribution in [2.75, 3.05) is 0 Å². The normalized spacial score (nSPS) is 9.60. The molecular formula is H7O2Si3. The van der Waals surface area contributed by atoms with E-state index in [0.29, 0.717) is 0 Å². The molecule has 5 heteroatoms. The first kappa shape index (κ1) is 5.57. The van der Waals surface area contributed by atoms with Gasteiger partial charge in [-0.1, -0.05) is 0 Å². The van der Waals surface area contributed by atoms with Gasteiger partial charge in [-0.05, 0) is 0 Å². The van der Waals surface area contributed by atoms with Gasteiger partial charge in [0.05, 0.1) is 0 Å². The van der Waals surface area contributed by atoms with E-state index in [1.807, 2.05) is 0 Å². The fourth-order valence-electron chi connectivity index (χ4n) is 0.0962. The molecular weight excluding hydrogens is 116 g/mol. The second-order valence-corrected chi connectivity index (χ2v) is 4.53. The van der Waals surface area contributed by atoms with Gasteiger partial charge in [-0.15, -0.1) is 0 Å². The maximum Gasteiger partial charge on any atom is 0.341 e. The van der Waals surface area contributed by atoms with Gasteiger partial charge in [-0.3, -0.25) is 0 Å². The lowest BCUT2D eigenvalue weighted by Gasteiger charge is -1.86. The molecule has 0 aromatic heterocycles. The highest BCUT2D eigenvalue weighted by molar-refractivity contribution is 6.33. The fourth-order valence-corrected chi connectivity index (χ4v) is 2.60. The highest BCUT2D eigenvalue weighted by atomic mass is 28.3. The zero-order valence-electron chi connectivity index (χ0n) is 3.39. The summed E-state index contributed by atoms with van der Waals surface area (Å²) < 4.78 is 9.45. The topological polar surface area (TPSA) is 18.5 Å². The van der Waals surface area contributed by atoms with Crippen LogP contribution in [0.25, 0.3) is 0 Å². The third-order valence-electron chi connectivity index (χ3n) is 0.192. The first-order chi connectivity index (χ1) is 2.41. The van der Waals surface area contributed by atoms with Crippen LogP contribution in [0.3, 0.4) is 0 Å². The Morgan fingerprint density at radius 2 is 1.60 bits per heavy atom. The van der Waals surface area contributed by atoms with Crippen molar-refractivity contribution in [3.8, 4) is 0 Å². The van der Waals surface area contributed by atoms with Gasteiger partial charge in [-0.2, -0.15) is 0 Å². The molecule has 0 fully saturated rings. The van der Waals surface area contributed by atoms with Gasteiger partial charge in [0, 0.05) is 0 Å². The van der Waals surface area contributed by atoms with E-state index >= 15 is 0 Å². The van der Waals surface area contributed by atoms with Crippen molar-refractivity contribution >= 4 is 31.0 Å². The molecule has 0 saturated heterocycles. The Balaban J connectivity index is 2.19. The van der Waals surface area contributed by atoms with Gasteiger partial charge in [-0.25, -0.2) is 0 Å². The van der Waals surface area contributed by atoms with Gasteiger partial charge in [0.25, 0.3) is 0 Å². The van der Waals surface area contributed by atoms with Gasteiger partial charge >= 0.3 is 10.0 Å². The average Bonchev–Trinajstić information content (AvgIpc) is 1.41. The largest absolute Gasteiger partial charge is 0.446 e. The Bertz CT molecular complexity index is 12.4. The molecule has 0 aliphatic rings. The van der Waals surface area contributed by atoms with Gasteiger partial charge in [0.15, 0.2) is 0 Å². The summed E-state index contributed by atoms with van der Waals surface area (Å²) in [5.41, 5.74) is 0. The second kappa shape index (κ2) is 4.57. The molecule has 0 amide bonds. The highest BCUT2D eigenvalue weighted by Crippen LogP contribution is 1.52. The van der Waals surface area contributed by atoms with Crippen molar-refractivity contribution in [3.63, 3.8) is 0 Å². The van der Waals surface area contributed by atoms with Crippen molar-refractivity contribution in [2.24, 2.45) is 0 Å². The SMILES string of the molecule is [SiH3]O[SiH]O[SiH3]. The van der Waals surface area contributed by atoms with Crippen LogP contribution in [-0.4, -0.2) is 31.0 Å². The predicted molar refractivity (Wildman–Crippen MR) is 29.2 cm³/mol. The quantitative estimate of drug-likeness (QED) is 0.361. The molecule has 0 aromatic rings. The molecule has 0 saturated carbocycles. The van der Waals surface area contributed by atoms with Crippen LogP contribution in [0.15, 0.2) is 0 Å². The van der Waals surface area contributed by atoms with E-state index in [9.17, 15) is 0 Å². The number of hydrogen-bond acceptors (Lipinski definition) is 2. The molecule has 1 radical (unpaired) electrons. The molecule has 5 heavy (non-hydrogen) atoms. The van der Waals surface area contributed by atoms with Crippen LogP contribution in [0.4, 0.5) is 0 Å². The van der Waals surface area contributed by atoms with Crippen molar-refractivity contribution in [2.45, 2.75) is 0 Å². The summed E-state index contributed by atoms with van der Waals surface area (Å²) in [5, 5.41) is 0. The van der Waals surface area contributed by atoms with Crippen LogP contribution in [0.1, 0.15) is 0 Å². The van der Waals surface area contributed by atoms with Gasteiger partial charge < -0.3 is 8.23 Å². The molecule has 0 aliphatic heterocycles. The van der Waals surface area contributed by atoms with Crippen LogP contribution < -0.4 is 0 Å². The minimum absolute atomic E-state index is 0.0617. The van der Waals surface area contributed by atoms with E-state index in [2.05, 4.69) is 0 Å². The fraction of sp³-hybridized carbons (Fsp3) is 0. The summed E-state index contributed by atoms with van der Waals surface area (Å²) >= 11 is 0. The zero-order chi connectivity index (χ0) is 4.12. The average molecular weight is 123 g/mol. The minimum atomic E-state index is -0.0617.